The van der Waals surface area contributed by atoms with E-state index in [1.807, 2.05) is 0 Å². The van der Waals surface area contributed by atoms with E-state index in [1.165, 1.54) is 28.9 Å². The number of ether oxygens (including phenoxy) is 1. The normalized spacial score (nSPS) is 13.0. The average molecular weight is 519 g/mol. The summed E-state index contributed by atoms with van der Waals surface area (Å²) in [6.07, 6.45) is 4.39. The predicted molar refractivity (Wildman–Crippen MR) is 136 cm³/mol. The molecule has 0 bridgehead atoms. The molecule has 4 aromatic rings. The van der Waals surface area contributed by atoms with Gasteiger partial charge in [-0.05, 0) is 55.3 Å². The highest BCUT2D eigenvalue weighted by Gasteiger charge is 2.28. The number of benzene rings is 2. The number of anilines is 2. The first-order chi connectivity index (χ1) is 18.3. The van der Waals surface area contributed by atoms with Gasteiger partial charge in [0.1, 0.15) is 34.6 Å². The molecule has 1 saturated carbocycles. The van der Waals surface area contributed by atoms with E-state index in [9.17, 15) is 18.4 Å². The van der Waals surface area contributed by atoms with Crippen molar-refractivity contribution in [1.82, 2.24) is 20.1 Å². The minimum Gasteiger partial charge on any atom is -0.457 e. The number of pyridine rings is 1. The Bertz CT molecular complexity index is 1480. The van der Waals surface area contributed by atoms with Crippen LogP contribution in [-0.2, 0) is 0 Å². The highest BCUT2D eigenvalue weighted by atomic mass is 19.1. The lowest BCUT2D eigenvalue weighted by Gasteiger charge is -2.23. The van der Waals surface area contributed by atoms with Crippen LogP contribution in [0.2, 0.25) is 0 Å². The summed E-state index contributed by atoms with van der Waals surface area (Å²) in [7, 11) is 1.51. The number of amides is 3. The summed E-state index contributed by atoms with van der Waals surface area (Å²) in [5, 5.41) is 7.09. The van der Waals surface area contributed by atoms with Gasteiger partial charge in [0.15, 0.2) is 0 Å². The first-order valence-corrected chi connectivity index (χ1v) is 11.9. The van der Waals surface area contributed by atoms with Crippen LogP contribution in [0.15, 0.2) is 66.9 Å². The van der Waals surface area contributed by atoms with Crippen LogP contribution in [0.3, 0.4) is 0 Å². The van der Waals surface area contributed by atoms with Crippen LogP contribution in [0.25, 0.3) is 5.69 Å². The van der Waals surface area contributed by atoms with Crippen molar-refractivity contribution in [1.29, 1.82) is 0 Å². The van der Waals surface area contributed by atoms with Crippen molar-refractivity contribution in [3.05, 3.63) is 89.9 Å². The largest absolute Gasteiger partial charge is 0.457 e. The van der Waals surface area contributed by atoms with E-state index in [0.717, 1.165) is 37.5 Å². The fourth-order valence-corrected chi connectivity index (χ4v) is 4.20. The highest BCUT2D eigenvalue weighted by Crippen LogP contribution is 2.39. The maximum atomic E-state index is 14.1. The topological polar surface area (TPSA) is 115 Å². The molecule has 3 amide bonds. The Labute approximate surface area is 216 Å². The van der Waals surface area contributed by atoms with E-state index in [1.54, 1.807) is 36.4 Å². The maximum Gasteiger partial charge on any atom is 0.325 e. The van der Waals surface area contributed by atoms with E-state index in [-0.39, 0.29) is 29.0 Å². The van der Waals surface area contributed by atoms with Gasteiger partial charge >= 0.3 is 6.03 Å². The zero-order valence-electron chi connectivity index (χ0n) is 20.4. The SMILES string of the molecule is CNC(=O)c1cc(Oc2ccc(N(C(N)=O)c3cc(C4CCC4)nn3-c3cc(F)cc(F)c3)cc2)ccn1. The number of rotatable bonds is 7. The Morgan fingerprint density at radius 1 is 1.03 bits per heavy atom. The van der Waals surface area contributed by atoms with E-state index >= 15 is 0 Å². The number of primary amides is 1. The minimum absolute atomic E-state index is 0.124. The Morgan fingerprint density at radius 2 is 1.74 bits per heavy atom. The second-order valence-corrected chi connectivity index (χ2v) is 8.82. The molecule has 3 N–H and O–H groups in total. The van der Waals surface area contributed by atoms with Gasteiger partial charge in [0.25, 0.3) is 5.91 Å². The molecule has 0 aliphatic heterocycles. The predicted octanol–water partition coefficient (Wildman–Crippen LogP) is 5.18. The second kappa shape index (κ2) is 10.3. The highest BCUT2D eigenvalue weighted by molar-refractivity contribution is 5.98. The molecule has 38 heavy (non-hydrogen) atoms. The van der Waals surface area contributed by atoms with E-state index in [4.69, 9.17) is 10.5 Å². The lowest BCUT2D eigenvalue weighted by Crippen LogP contribution is -2.33. The van der Waals surface area contributed by atoms with Crippen molar-refractivity contribution < 1.29 is 23.1 Å². The molecule has 2 heterocycles. The van der Waals surface area contributed by atoms with Crippen molar-refractivity contribution in [2.45, 2.75) is 25.2 Å². The fraction of sp³-hybridized carbons (Fsp3) is 0.185. The van der Waals surface area contributed by atoms with Crippen molar-refractivity contribution in [3.8, 4) is 17.2 Å². The van der Waals surface area contributed by atoms with E-state index in [2.05, 4.69) is 15.4 Å². The molecule has 11 heteroatoms. The number of carbonyl (C=O) groups is 2. The zero-order valence-corrected chi connectivity index (χ0v) is 20.4. The molecule has 1 fully saturated rings. The van der Waals surface area contributed by atoms with Crippen LogP contribution in [0, 0.1) is 11.6 Å². The molecular weight excluding hydrogens is 494 g/mol. The summed E-state index contributed by atoms with van der Waals surface area (Å²) < 4.78 is 35.3. The Kier molecular flexibility index (Phi) is 6.73. The number of aromatic nitrogens is 3. The van der Waals surface area contributed by atoms with Crippen LogP contribution in [0.4, 0.5) is 25.1 Å². The number of hydrogen-bond acceptors (Lipinski definition) is 5. The third-order valence-corrected chi connectivity index (χ3v) is 6.30. The van der Waals surface area contributed by atoms with Gasteiger partial charge in [-0.2, -0.15) is 5.10 Å². The average Bonchev–Trinajstić information content (AvgIpc) is 3.27. The first kappa shape index (κ1) is 24.9. The monoisotopic (exact) mass is 518 g/mol. The van der Waals surface area contributed by atoms with Gasteiger partial charge in [0.2, 0.25) is 0 Å². The maximum absolute atomic E-state index is 14.1. The number of carbonyl (C=O) groups excluding carboxylic acids is 2. The van der Waals surface area contributed by atoms with Crippen molar-refractivity contribution in [2.75, 3.05) is 11.9 Å². The van der Waals surface area contributed by atoms with Gasteiger partial charge in [0.05, 0.1) is 17.1 Å². The van der Waals surface area contributed by atoms with Gasteiger partial charge in [-0.25, -0.2) is 23.2 Å². The summed E-state index contributed by atoms with van der Waals surface area (Å²) in [4.78, 5) is 29.7. The lowest BCUT2D eigenvalue weighted by atomic mass is 9.83. The summed E-state index contributed by atoms with van der Waals surface area (Å²) in [6.45, 7) is 0. The summed E-state index contributed by atoms with van der Waals surface area (Å²) in [6, 6.07) is 13.6. The molecule has 5 rings (SSSR count). The molecule has 2 aromatic carbocycles. The number of nitrogens with two attached hydrogens (primary N) is 1. The summed E-state index contributed by atoms with van der Waals surface area (Å²) in [5.41, 5.74) is 7.21. The summed E-state index contributed by atoms with van der Waals surface area (Å²) >= 11 is 0. The number of nitrogens with zero attached hydrogens (tertiary/aromatic N) is 4. The number of hydrogen-bond donors (Lipinski definition) is 2. The number of halogens is 2. The lowest BCUT2D eigenvalue weighted by molar-refractivity contribution is 0.0957. The molecule has 0 spiro atoms. The molecule has 0 radical (unpaired) electrons. The molecule has 0 unspecified atom stereocenters. The fourth-order valence-electron chi connectivity index (χ4n) is 4.20. The molecule has 1 aliphatic carbocycles. The molecule has 194 valence electrons. The van der Waals surface area contributed by atoms with Crippen LogP contribution < -0.4 is 20.7 Å². The van der Waals surface area contributed by atoms with Crippen LogP contribution in [-0.4, -0.2) is 33.8 Å². The second-order valence-electron chi connectivity index (χ2n) is 8.82. The van der Waals surface area contributed by atoms with Crippen LogP contribution in [0.1, 0.15) is 41.4 Å². The Morgan fingerprint density at radius 3 is 2.34 bits per heavy atom. The molecule has 0 atom stereocenters. The summed E-state index contributed by atoms with van der Waals surface area (Å²) in [5.74, 6) is -0.609. The van der Waals surface area contributed by atoms with Gasteiger partial charge in [0, 0.05) is 37.4 Å². The molecule has 2 aromatic heterocycles. The van der Waals surface area contributed by atoms with Gasteiger partial charge in [-0.3, -0.25) is 9.78 Å². The molecule has 9 nitrogen and oxygen atoms in total. The zero-order chi connectivity index (χ0) is 26.8. The van der Waals surface area contributed by atoms with Crippen molar-refractivity contribution in [3.63, 3.8) is 0 Å². The van der Waals surface area contributed by atoms with Crippen molar-refractivity contribution >= 4 is 23.4 Å². The van der Waals surface area contributed by atoms with Crippen LogP contribution in [0.5, 0.6) is 11.5 Å². The van der Waals surface area contributed by atoms with Crippen LogP contribution >= 0.6 is 0 Å². The van der Waals surface area contributed by atoms with Crippen molar-refractivity contribution in [2.24, 2.45) is 5.73 Å². The Hall–Kier alpha value is -4.80. The number of urea groups is 1. The third-order valence-electron chi connectivity index (χ3n) is 6.30. The molecule has 0 saturated heterocycles. The van der Waals surface area contributed by atoms with E-state index < -0.39 is 17.7 Å². The van der Waals surface area contributed by atoms with Gasteiger partial charge < -0.3 is 15.8 Å². The Balaban J connectivity index is 1.49. The number of nitrogens with one attached hydrogen (secondary N) is 1. The van der Waals surface area contributed by atoms with Gasteiger partial charge in [-0.1, -0.05) is 6.42 Å². The molecule has 1 aliphatic rings. The smallest absolute Gasteiger partial charge is 0.325 e. The third kappa shape index (κ3) is 5.03. The quantitative estimate of drug-likeness (QED) is 0.350. The van der Waals surface area contributed by atoms with E-state index in [0.29, 0.717) is 22.9 Å². The standard InChI is InChI=1S/C27H24F2N6O3/c1-31-26(36)24-14-22(9-10-32-24)38-21-7-5-19(6-8-21)34(27(30)37)25-15-23(16-3-2-4-16)33-35(25)20-12-17(28)11-18(29)13-20/h5-16H,2-4H2,1H3,(H2,30,37)(H,31,36). The first-order valence-electron chi connectivity index (χ1n) is 11.9. The minimum atomic E-state index is -0.804. The molecular formula is C27H24F2N6O3. The van der Waals surface area contributed by atoms with Gasteiger partial charge in [-0.15, -0.1) is 0 Å².